The van der Waals surface area contributed by atoms with Crippen LogP contribution in [0.2, 0.25) is 0 Å². The molecule has 0 heterocycles. The van der Waals surface area contributed by atoms with E-state index in [2.05, 4.69) is 24.2 Å². The maximum atomic E-state index is 5.58. The summed E-state index contributed by atoms with van der Waals surface area (Å²) >= 11 is 0. The van der Waals surface area contributed by atoms with Crippen molar-refractivity contribution < 1.29 is 0 Å². The van der Waals surface area contributed by atoms with Crippen molar-refractivity contribution in [2.45, 2.75) is 52.0 Å². The van der Waals surface area contributed by atoms with E-state index in [-0.39, 0.29) is 0 Å². The number of rotatable bonds is 4. The lowest BCUT2D eigenvalue weighted by Crippen LogP contribution is -2.40. The van der Waals surface area contributed by atoms with E-state index in [1.165, 1.54) is 19.3 Å². The summed E-state index contributed by atoms with van der Waals surface area (Å²) in [6, 6.07) is 0.473. The van der Waals surface area contributed by atoms with E-state index in [0.29, 0.717) is 6.04 Å². The van der Waals surface area contributed by atoms with Gasteiger partial charge in [0.1, 0.15) is 0 Å². The van der Waals surface area contributed by atoms with Crippen LogP contribution in [0.3, 0.4) is 0 Å². The van der Waals surface area contributed by atoms with Gasteiger partial charge in [-0.1, -0.05) is 13.3 Å². The van der Waals surface area contributed by atoms with Gasteiger partial charge in [-0.25, -0.2) is 0 Å². The first-order chi connectivity index (χ1) is 6.77. The number of nitrogens with two attached hydrogens (primary N) is 1. The van der Waals surface area contributed by atoms with Gasteiger partial charge < -0.3 is 0 Å². The van der Waals surface area contributed by atoms with Crippen LogP contribution < -0.4 is 11.3 Å². The quantitative estimate of drug-likeness (QED) is 0.408. The Morgan fingerprint density at radius 3 is 2.79 bits per heavy atom. The highest BCUT2D eigenvalue weighted by atomic mass is 15.2. The minimum Gasteiger partial charge on any atom is -0.271 e. The van der Waals surface area contributed by atoms with Gasteiger partial charge in [0.25, 0.3) is 0 Å². The fourth-order valence-corrected chi connectivity index (χ4v) is 2.42. The Kier molecular flexibility index (Phi) is 5.00. The minimum atomic E-state index is 0.473. The first kappa shape index (κ1) is 11.6. The molecule has 0 spiro atoms. The van der Waals surface area contributed by atoms with Crippen molar-refractivity contribution in [1.82, 2.24) is 5.43 Å². The molecule has 3 atom stereocenters. The second-order valence-electron chi connectivity index (χ2n) is 4.42. The molecule has 1 saturated carbocycles. The summed E-state index contributed by atoms with van der Waals surface area (Å²) in [5.74, 6) is 13.3. The van der Waals surface area contributed by atoms with Crippen LogP contribution in [0.25, 0.3) is 0 Å². The molecule has 0 bridgehead atoms. The lowest BCUT2D eigenvalue weighted by atomic mass is 9.94. The summed E-state index contributed by atoms with van der Waals surface area (Å²) in [6.07, 6.45) is 6.08. The largest absolute Gasteiger partial charge is 0.271 e. The summed E-state index contributed by atoms with van der Waals surface area (Å²) < 4.78 is 0. The molecule has 0 aromatic heterocycles. The van der Waals surface area contributed by atoms with Gasteiger partial charge in [-0.2, -0.15) is 0 Å². The van der Waals surface area contributed by atoms with Gasteiger partial charge in [-0.3, -0.25) is 11.3 Å². The smallest absolute Gasteiger partial charge is 0.0247 e. The highest BCUT2D eigenvalue weighted by Gasteiger charge is 2.27. The average Bonchev–Trinajstić information content (AvgIpc) is 2.60. The van der Waals surface area contributed by atoms with Crippen molar-refractivity contribution in [2.24, 2.45) is 17.7 Å². The molecule has 0 aromatic rings. The van der Waals surface area contributed by atoms with Crippen molar-refractivity contribution >= 4 is 0 Å². The third-order valence-corrected chi connectivity index (χ3v) is 3.28. The Morgan fingerprint density at radius 2 is 2.29 bits per heavy atom. The third-order valence-electron chi connectivity index (χ3n) is 3.28. The van der Waals surface area contributed by atoms with Gasteiger partial charge in [-0.15, -0.1) is 11.8 Å². The fraction of sp³-hybridized carbons (Fsp3) is 0.833. The number of nitrogens with one attached hydrogen (secondary N) is 1. The van der Waals surface area contributed by atoms with E-state index < -0.39 is 0 Å². The Bertz CT molecular complexity index is 214. The molecule has 1 aliphatic rings. The molecule has 1 aliphatic carbocycles. The van der Waals surface area contributed by atoms with Crippen molar-refractivity contribution in [3.8, 4) is 11.8 Å². The predicted molar refractivity (Wildman–Crippen MR) is 60.3 cm³/mol. The first-order valence-corrected chi connectivity index (χ1v) is 5.63. The van der Waals surface area contributed by atoms with Gasteiger partial charge in [-0.05, 0) is 38.0 Å². The van der Waals surface area contributed by atoms with Crippen molar-refractivity contribution in [2.75, 3.05) is 0 Å². The fourth-order valence-electron chi connectivity index (χ4n) is 2.42. The molecule has 0 aromatic carbocycles. The molecule has 80 valence electrons. The minimum absolute atomic E-state index is 0.473. The molecular weight excluding hydrogens is 172 g/mol. The van der Waals surface area contributed by atoms with Crippen LogP contribution in [0, 0.1) is 23.7 Å². The molecule has 0 radical (unpaired) electrons. The van der Waals surface area contributed by atoms with Crippen LogP contribution in [0.4, 0.5) is 0 Å². The monoisotopic (exact) mass is 194 g/mol. The van der Waals surface area contributed by atoms with Crippen LogP contribution in [0.1, 0.15) is 46.0 Å². The van der Waals surface area contributed by atoms with E-state index in [1.807, 2.05) is 6.92 Å². The molecule has 2 nitrogen and oxygen atoms in total. The molecule has 2 heteroatoms. The summed E-state index contributed by atoms with van der Waals surface area (Å²) in [5.41, 5.74) is 2.96. The molecule has 1 rings (SSSR count). The van der Waals surface area contributed by atoms with Gasteiger partial charge >= 0.3 is 0 Å². The lowest BCUT2D eigenvalue weighted by Gasteiger charge is -2.21. The van der Waals surface area contributed by atoms with Crippen molar-refractivity contribution in [3.05, 3.63) is 0 Å². The SMILES string of the molecule is CC#CCCC(NN)C1CCC(C)C1. The second-order valence-corrected chi connectivity index (χ2v) is 4.42. The Hall–Kier alpha value is -0.520. The zero-order valence-corrected chi connectivity index (χ0v) is 9.34. The van der Waals surface area contributed by atoms with E-state index in [4.69, 9.17) is 5.84 Å². The molecule has 14 heavy (non-hydrogen) atoms. The molecule has 0 saturated heterocycles. The normalized spacial score (nSPS) is 28.2. The molecule has 0 amide bonds. The number of hydrogen-bond donors (Lipinski definition) is 2. The highest BCUT2D eigenvalue weighted by molar-refractivity contribution is 4.96. The Morgan fingerprint density at radius 1 is 1.50 bits per heavy atom. The number of hydrogen-bond acceptors (Lipinski definition) is 2. The molecule has 3 unspecified atom stereocenters. The molecule has 1 fully saturated rings. The summed E-state index contributed by atoms with van der Waals surface area (Å²) in [6.45, 7) is 4.22. The molecule has 0 aliphatic heterocycles. The van der Waals surface area contributed by atoms with Gasteiger partial charge in [0, 0.05) is 12.5 Å². The zero-order chi connectivity index (χ0) is 10.4. The standard InChI is InChI=1S/C12H22N2/c1-3-4-5-6-12(14-13)11-8-7-10(2)9-11/h10-12,14H,5-9,13H2,1-2H3. The zero-order valence-electron chi connectivity index (χ0n) is 9.34. The lowest BCUT2D eigenvalue weighted by molar-refractivity contribution is 0.340. The van der Waals surface area contributed by atoms with Gasteiger partial charge in [0.2, 0.25) is 0 Å². The van der Waals surface area contributed by atoms with E-state index in [9.17, 15) is 0 Å². The van der Waals surface area contributed by atoms with Crippen molar-refractivity contribution in [1.29, 1.82) is 0 Å². The van der Waals surface area contributed by atoms with Gasteiger partial charge in [0.05, 0.1) is 0 Å². The predicted octanol–water partition coefficient (Wildman–Crippen LogP) is 2.06. The number of hydrazine groups is 1. The van der Waals surface area contributed by atoms with Crippen LogP contribution in [0.5, 0.6) is 0 Å². The third kappa shape index (κ3) is 3.32. The summed E-state index contributed by atoms with van der Waals surface area (Å²) in [7, 11) is 0. The van der Waals surface area contributed by atoms with Crippen LogP contribution >= 0.6 is 0 Å². The van der Waals surface area contributed by atoms with E-state index in [1.54, 1.807) is 0 Å². The molecule has 3 N–H and O–H groups in total. The molecular formula is C12H22N2. The second kappa shape index (κ2) is 6.06. The van der Waals surface area contributed by atoms with E-state index >= 15 is 0 Å². The summed E-state index contributed by atoms with van der Waals surface area (Å²) in [4.78, 5) is 0. The Labute approximate surface area is 87.6 Å². The van der Waals surface area contributed by atoms with Crippen LogP contribution in [0.15, 0.2) is 0 Å². The average molecular weight is 194 g/mol. The topological polar surface area (TPSA) is 38.0 Å². The van der Waals surface area contributed by atoms with Crippen LogP contribution in [-0.2, 0) is 0 Å². The maximum absolute atomic E-state index is 5.58. The van der Waals surface area contributed by atoms with Crippen molar-refractivity contribution in [3.63, 3.8) is 0 Å². The first-order valence-electron chi connectivity index (χ1n) is 5.63. The highest BCUT2D eigenvalue weighted by Crippen LogP contribution is 2.33. The summed E-state index contributed by atoms with van der Waals surface area (Å²) in [5, 5.41) is 0. The Balaban J connectivity index is 2.32. The maximum Gasteiger partial charge on any atom is 0.0247 e. The van der Waals surface area contributed by atoms with Gasteiger partial charge in [0.15, 0.2) is 0 Å². The van der Waals surface area contributed by atoms with Crippen LogP contribution in [-0.4, -0.2) is 6.04 Å². The van der Waals surface area contributed by atoms with E-state index in [0.717, 1.165) is 24.7 Å².